The van der Waals surface area contributed by atoms with Gasteiger partial charge in [-0.3, -0.25) is 0 Å². The quantitative estimate of drug-likeness (QED) is 0.811. The van der Waals surface area contributed by atoms with Crippen molar-refractivity contribution < 1.29 is 0 Å². The molecule has 1 aromatic carbocycles. The van der Waals surface area contributed by atoms with E-state index in [0.29, 0.717) is 0 Å². The molecule has 0 aromatic heterocycles. The Bertz CT molecular complexity index is 369. The summed E-state index contributed by atoms with van der Waals surface area (Å²) in [5, 5.41) is 7.11. The van der Waals surface area contributed by atoms with Crippen LogP contribution in [0.25, 0.3) is 0 Å². The second-order valence-electron chi connectivity index (χ2n) is 5.03. The van der Waals surface area contributed by atoms with E-state index in [1.165, 1.54) is 48.9 Å². The fourth-order valence-electron chi connectivity index (χ4n) is 2.49. The second-order valence-corrected chi connectivity index (χ2v) is 5.03. The lowest BCUT2D eigenvalue weighted by atomic mass is 9.93. The van der Waals surface area contributed by atoms with Gasteiger partial charge in [0.05, 0.1) is 0 Å². The van der Waals surface area contributed by atoms with Gasteiger partial charge in [0.2, 0.25) is 0 Å². The zero-order valence-corrected chi connectivity index (χ0v) is 9.76. The highest BCUT2D eigenvalue weighted by Crippen LogP contribution is 2.24. The predicted octanol–water partition coefficient (Wildman–Crippen LogP) is 2.69. The van der Waals surface area contributed by atoms with Crippen LogP contribution < -0.4 is 10.6 Å². The van der Waals surface area contributed by atoms with Gasteiger partial charge in [0, 0.05) is 24.8 Å². The van der Waals surface area contributed by atoms with Crippen molar-refractivity contribution in [2.24, 2.45) is 0 Å². The van der Waals surface area contributed by atoms with Crippen LogP contribution in [-0.2, 0) is 13.0 Å². The topological polar surface area (TPSA) is 24.1 Å². The van der Waals surface area contributed by atoms with Crippen LogP contribution in [0.4, 0.5) is 5.69 Å². The lowest BCUT2D eigenvalue weighted by Crippen LogP contribution is -2.34. The van der Waals surface area contributed by atoms with E-state index < -0.39 is 0 Å². The van der Waals surface area contributed by atoms with Gasteiger partial charge < -0.3 is 10.6 Å². The molecule has 0 atom stereocenters. The number of fused-ring (bicyclic) bond motifs is 1. The Labute approximate surface area is 97.4 Å². The average molecular weight is 216 g/mol. The average Bonchev–Trinajstić information content (AvgIpc) is 2.27. The molecule has 0 bridgehead atoms. The molecule has 0 unspecified atom stereocenters. The highest BCUT2D eigenvalue weighted by atomic mass is 14.9. The first-order valence-corrected chi connectivity index (χ1v) is 6.51. The van der Waals surface area contributed by atoms with Gasteiger partial charge in [-0.05, 0) is 42.9 Å². The minimum atomic E-state index is 0.781. The molecule has 0 spiro atoms. The van der Waals surface area contributed by atoms with E-state index in [4.69, 9.17) is 0 Å². The van der Waals surface area contributed by atoms with Gasteiger partial charge >= 0.3 is 0 Å². The molecule has 0 saturated heterocycles. The summed E-state index contributed by atoms with van der Waals surface area (Å²) in [7, 11) is 0. The van der Waals surface area contributed by atoms with Gasteiger partial charge in [0.15, 0.2) is 0 Å². The molecule has 2 N–H and O–H groups in total. The van der Waals surface area contributed by atoms with Crippen LogP contribution in [0.3, 0.4) is 0 Å². The molecule has 0 amide bonds. The van der Waals surface area contributed by atoms with Crippen molar-refractivity contribution >= 4 is 5.69 Å². The van der Waals surface area contributed by atoms with Crippen LogP contribution in [0.15, 0.2) is 18.2 Å². The first-order chi connectivity index (χ1) is 7.92. The van der Waals surface area contributed by atoms with Crippen molar-refractivity contribution in [1.29, 1.82) is 0 Å². The highest BCUT2D eigenvalue weighted by molar-refractivity contribution is 5.54. The highest BCUT2D eigenvalue weighted by Gasteiger charge is 2.16. The molecule has 1 heterocycles. The molecule has 2 aliphatic rings. The summed E-state index contributed by atoms with van der Waals surface area (Å²) < 4.78 is 0. The van der Waals surface area contributed by atoms with E-state index in [1.807, 2.05) is 0 Å². The van der Waals surface area contributed by atoms with Crippen molar-refractivity contribution in [2.45, 2.75) is 44.7 Å². The second kappa shape index (κ2) is 4.46. The fourth-order valence-corrected chi connectivity index (χ4v) is 2.49. The standard InChI is InChI=1S/C14H20N2/c1-4-13(5-1)16-10-11-6-7-12-3-2-8-15-14(12)9-11/h6-7,9,13,15-16H,1-5,8,10H2. The zero-order valence-electron chi connectivity index (χ0n) is 9.76. The monoisotopic (exact) mass is 216 g/mol. The van der Waals surface area contributed by atoms with Crippen molar-refractivity contribution in [3.8, 4) is 0 Å². The number of rotatable bonds is 3. The molecule has 1 aromatic rings. The summed E-state index contributed by atoms with van der Waals surface area (Å²) in [4.78, 5) is 0. The zero-order chi connectivity index (χ0) is 10.8. The van der Waals surface area contributed by atoms with Crippen LogP contribution in [-0.4, -0.2) is 12.6 Å². The van der Waals surface area contributed by atoms with Crippen molar-refractivity contribution in [3.05, 3.63) is 29.3 Å². The number of benzene rings is 1. The molecule has 0 radical (unpaired) electrons. The maximum atomic E-state index is 3.61. The maximum Gasteiger partial charge on any atom is 0.0375 e. The Kier molecular flexibility index (Phi) is 2.83. The first-order valence-electron chi connectivity index (χ1n) is 6.51. The number of nitrogens with one attached hydrogen (secondary N) is 2. The van der Waals surface area contributed by atoms with E-state index in [9.17, 15) is 0 Å². The van der Waals surface area contributed by atoms with Gasteiger partial charge in [-0.1, -0.05) is 18.6 Å². The van der Waals surface area contributed by atoms with Gasteiger partial charge in [0.25, 0.3) is 0 Å². The van der Waals surface area contributed by atoms with Gasteiger partial charge in [0.1, 0.15) is 0 Å². The van der Waals surface area contributed by atoms with Crippen LogP contribution in [0.1, 0.15) is 36.8 Å². The van der Waals surface area contributed by atoms with E-state index in [1.54, 1.807) is 0 Å². The summed E-state index contributed by atoms with van der Waals surface area (Å²) in [6, 6.07) is 7.67. The van der Waals surface area contributed by atoms with Crippen LogP contribution >= 0.6 is 0 Å². The van der Waals surface area contributed by atoms with E-state index >= 15 is 0 Å². The molecule has 3 rings (SSSR count). The van der Waals surface area contributed by atoms with Crippen molar-refractivity contribution in [2.75, 3.05) is 11.9 Å². The van der Waals surface area contributed by atoms with Crippen molar-refractivity contribution in [1.82, 2.24) is 5.32 Å². The first kappa shape index (κ1) is 10.2. The molecule has 1 saturated carbocycles. The van der Waals surface area contributed by atoms with Crippen LogP contribution in [0, 0.1) is 0 Å². The number of aryl methyl sites for hydroxylation is 1. The Balaban J connectivity index is 1.65. The summed E-state index contributed by atoms with van der Waals surface area (Å²) in [6.07, 6.45) is 6.64. The molecular formula is C14H20N2. The Morgan fingerprint density at radius 3 is 3.00 bits per heavy atom. The van der Waals surface area contributed by atoms with Crippen LogP contribution in [0.5, 0.6) is 0 Å². The van der Waals surface area contributed by atoms with E-state index in [0.717, 1.165) is 19.1 Å². The summed E-state index contributed by atoms with van der Waals surface area (Å²) in [5.74, 6) is 0. The van der Waals surface area contributed by atoms with Gasteiger partial charge in [-0.2, -0.15) is 0 Å². The number of anilines is 1. The third kappa shape index (κ3) is 2.07. The molecule has 86 valence electrons. The Morgan fingerprint density at radius 2 is 2.19 bits per heavy atom. The molecule has 1 fully saturated rings. The summed E-state index contributed by atoms with van der Waals surface area (Å²) >= 11 is 0. The lowest BCUT2D eigenvalue weighted by molar-refractivity contribution is 0.338. The van der Waals surface area contributed by atoms with E-state index in [2.05, 4.69) is 28.8 Å². The SMILES string of the molecule is c1cc2c(cc1CNC1CCC1)NCCC2. The fraction of sp³-hybridized carbons (Fsp3) is 0.571. The smallest absolute Gasteiger partial charge is 0.0375 e. The normalized spacial score (nSPS) is 19.8. The minimum absolute atomic E-state index is 0.781. The van der Waals surface area contributed by atoms with E-state index in [-0.39, 0.29) is 0 Å². The third-order valence-electron chi connectivity index (χ3n) is 3.81. The summed E-state index contributed by atoms with van der Waals surface area (Å²) in [6.45, 7) is 2.16. The minimum Gasteiger partial charge on any atom is -0.385 e. The maximum absolute atomic E-state index is 3.61. The van der Waals surface area contributed by atoms with Crippen LogP contribution in [0.2, 0.25) is 0 Å². The van der Waals surface area contributed by atoms with Crippen molar-refractivity contribution in [3.63, 3.8) is 0 Å². The molecule has 16 heavy (non-hydrogen) atoms. The predicted molar refractivity (Wildman–Crippen MR) is 67.7 cm³/mol. The molecular weight excluding hydrogens is 196 g/mol. The molecule has 2 heteroatoms. The largest absolute Gasteiger partial charge is 0.385 e. The van der Waals surface area contributed by atoms with Gasteiger partial charge in [-0.25, -0.2) is 0 Å². The number of hydrogen-bond donors (Lipinski definition) is 2. The van der Waals surface area contributed by atoms with Gasteiger partial charge in [-0.15, -0.1) is 0 Å². The molecule has 1 aliphatic carbocycles. The molecule has 2 nitrogen and oxygen atoms in total. The Morgan fingerprint density at radius 1 is 1.25 bits per heavy atom. The Hall–Kier alpha value is -1.02. The number of hydrogen-bond acceptors (Lipinski definition) is 2. The third-order valence-corrected chi connectivity index (χ3v) is 3.81. The molecule has 1 aliphatic heterocycles. The summed E-state index contributed by atoms with van der Waals surface area (Å²) in [5.41, 5.74) is 4.26. The lowest BCUT2D eigenvalue weighted by Gasteiger charge is -2.27.